The van der Waals surface area contributed by atoms with Crippen LogP contribution in [-0.2, 0) is 0 Å². The molecule has 7 heteroatoms. The minimum Gasteiger partial charge on any atom is -0.354 e. The summed E-state index contributed by atoms with van der Waals surface area (Å²) < 4.78 is 0. The first-order valence-electron chi connectivity index (χ1n) is 8.22. The highest BCUT2D eigenvalue weighted by Crippen LogP contribution is 2.25. The van der Waals surface area contributed by atoms with E-state index in [0.29, 0.717) is 17.4 Å². The van der Waals surface area contributed by atoms with Gasteiger partial charge in [0.05, 0.1) is 11.8 Å². The summed E-state index contributed by atoms with van der Waals surface area (Å²) in [6.45, 7) is 5.92. The van der Waals surface area contributed by atoms with Crippen molar-refractivity contribution in [2.75, 3.05) is 49.1 Å². The third kappa shape index (κ3) is 2.76. The van der Waals surface area contributed by atoms with Crippen molar-refractivity contribution in [3.05, 3.63) is 42.2 Å². The number of anilines is 2. The smallest absolute Gasteiger partial charge is 0.169 e. The van der Waals surface area contributed by atoms with Crippen molar-refractivity contribution in [2.24, 2.45) is 0 Å². The molecule has 0 unspecified atom stereocenters. The number of aromatic nitrogens is 3. The molecule has 0 bridgehead atoms. The number of rotatable bonds is 3. The monoisotopic (exact) mass is 321 g/mol. The molecule has 24 heavy (non-hydrogen) atoms. The summed E-state index contributed by atoms with van der Waals surface area (Å²) in [4.78, 5) is 11.4. The van der Waals surface area contributed by atoms with Crippen molar-refractivity contribution in [2.45, 2.75) is 6.04 Å². The molecule has 0 amide bonds. The Morgan fingerprint density at radius 2 is 1.83 bits per heavy atom. The summed E-state index contributed by atoms with van der Waals surface area (Å²) in [6, 6.07) is 10.5. The van der Waals surface area contributed by atoms with Crippen molar-refractivity contribution in [3.8, 4) is 6.07 Å². The van der Waals surface area contributed by atoms with Crippen LogP contribution < -0.4 is 9.80 Å². The maximum Gasteiger partial charge on any atom is 0.169 e. The average molecular weight is 321 g/mol. The van der Waals surface area contributed by atoms with Gasteiger partial charge in [0.1, 0.15) is 11.9 Å². The number of nitriles is 1. The highest BCUT2D eigenvalue weighted by Gasteiger charge is 2.35. The van der Waals surface area contributed by atoms with Crippen LogP contribution in [0, 0.1) is 11.3 Å². The van der Waals surface area contributed by atoms with E-state index in [-0.39, 0.29) is 0 Å². The third-order valence-corrected chi connectivity index (χ3v) is 4.79. The average Bonchev–Trinajstić information content (AvgIpc) is 2.62. The van der Waals surface area contributed by atoms with E-state index < -0.39 is 0 Å². The SMILES string of the molecule is N#Cc1ccnnc1N1CC(N2CCN(c3ccccn3)CC2)C1. The Morgan fingerprint density at radius 1 is 1.00 bits per heavy atom. The number of nitrogens with zero attached hydrogens (tertiary/aromatic N) is 7. The predicted octanol–water partition coefficient (Wildman–Crippen LogP) is 0.754. The van der Waals surface area contributed by atoms with E-state index in [4.69, 9.17) is 0 Å². The fourth-order valence-corrected chi connectivity index (χ4v) is 3.36. The molecule has 0 N–H and O–H groups in total. The van der Waals surface area contributed by atoms with Gasteiger partial charge in [-0.15, -0.1) is 5.10 Å². The first-order valence-corrected chi connectivity index (χ1v) is 8.22. The Morgan fingerprint density at radius 3 is 2.54 bits per heavy atom. The Kier molecular flexibility index (Phi) is 3.97. The Hall–Kier alpha value is -2.72. The molecule has 2 aromatic rings. The summed E-state index contributed by atoms with van der Waals surface area (Å²) in [5.74, 6) is 1.77. The molecule has 0 radical (unpaired) electrons. The molecule has 0 saturated carbocycles. The highest BCUT2D eigenvalue weighted by atomic mass is 15.4. The van der Waals surface area contributed by atoms with Crippen LogP contribution >= 0.6 is 0 Å². The summed E-state index contributed by atoms with van der Waals surface area (Å²) in [7, 11) is 0. The molecule has 4 heterocycles. The maximum absolute atomic E-state index is 9.17. The molecule has 7 nitrogen and oxygen atoms in total. The van der Waals surface area contributed by atoms with E-state index in [1.165, 1.54) is 0 Å². The molecule has 2 aliphatic rings. The van der Waals surface area contributed by atoms with Crippen molar-refractivity contribution in [1.82, 2.24) is 20.1 Å². The molecular weight excluding hydrogens is 302 g/mol. The van der Waals surface area contributed by atoms with E-state index in [1.807, 2.05) is 18.3 Å². The van der Waals surface area contributed by atoms with Crippen LogP contribution in [0.1, 0.15) is 5.56 Å². The molecule has 4 rings (SSSR count). The number of piperazine rings is 1. The zero-order valence-electron chi connectivity index (χ0n) is 13.4. The van der Waals surface area contributed by atoms with Crippen LogP contribution in [0.15, 0.2) is 36.7 Å². The van der Waals surface area contributed by atoms with Gasteiger partial charge in [0.15, 0.2) is 5.82 Å². The number of hydrogen-bond acceptors (Lipinski definition) is 7. The van der Waals surface area contributed by atoms with E-state index in [0.717, 1.165) is 45.1 Å². The molecule has 2 saturated heterocycles. The van der Waals surface area contributed by atoms with Gasteiger partial charge in [-0.3, -0.25) is 4.90 Å². The van der Waals surface area contributed by atoms with Gasteiger partial charge in [-0.25, -0.2) is 4.98 Å². The second kappa shape index (κ2) is 6.42. The Bertz CT molecular complexity index is 728. The van der Waals surface area contributed by atoms with Gasteiger partial charge in [0.25, 0.3) is 0 Å². The van der Waals surface area contributed by atoms with E-state index >= 15 is 0 Å². The first kappa shape index (κ1) is 14.8. The van der Waals surface area contributed by atoms with Crippen LogP contribution in [-0.4, -0.2) is 65.4 Å². The van der Waals surface area contributed by atoms with Gasteiger partial charge in [-0.1, -0.05) is 6.07 Å². The normalized spacial score (nSPS) is 19.0. The van der Waals surface area contributed by atoms with Gasteiger partial charge in [0, 0.05) is 51.5 Å². The van der Waals surface area contributed by atoms with E-state index in [1.54, 1.807) is 12.3 Å². The minimum absolute atomic E-state index is 0.532. The largest absolute Gasteiger partial charge is 0.354 e. The van der Waals surface area contributed by atoms with Gasteiger partial charge in [0.2, 0.25) is 0 Å². The number of pyridine rings is 1. The topological polar surface area (TPSA) is 72.2 Å². The molecule has 0 aliphatic carbocycles. The summed E-state index contributed by atoms with van der Waals surface area (Å²) in [5, 5.41) is 17.2. The number of hydrogen-bond donors (Lipinski definition) is 0. The molecule has 0 aromatic carbocycles. The first-order chi connectivity index (χ1) is 11.8. The molecule has 0 spiro atoms. The summed E-state index contributed by atoms with van der Waals surface area (Å²) >= 11 is 0. The summed E-state index contributed by atoms with van der Waals surface area (Å²) in [6.07, 6.45) is 3.41. The van der Waals surface area contributed by atoms with E-state index in [9.17, 15) is 5.26 Å². The van der Waals surface area contributed by atoms with Crippen LogP contribution in [0.4, 0.5) is 11.6 Å². The van der Waals surface area contributed by atoms with Crippen molar-refractivity contribution in [3.63, 3.8) is 0 Å². The zero-order valence-corrected chi connectivity index (χ0v) is 13.4. The molecule has 2 fully saturated rings. The predicted molar refractivity (Wildman–Crippen MR) is 90.8 cm³/mol. The van der Waals surface area contributed by atoms with Crippen molar-refractivity contribution in [1.29, 1.82) is 5.26 Å². The van der Waals surface area contributed by atoms with Gasteiger partial charge >= 0.3 is 0 Å². The lowest BCUT2D eigenvalue weighted by atomic mass is 10.1. The molecule has 2 aliphatic heterocycles. The third-order valence-electron chi connectivity index (χ3n) is 4.79. The van der Waals surface area contributed by atoms with Gasteiger partial charge < -0.3 is 9.80 Å². The lowest BCUT2D eigenvalue weighted by Gasteiger charge is -2.48. The fourth-order valence-electron chi connectivity index (χ4n) is 3.36. The maximum atomic E-state index is 9.17. The van der Waals surface area contributed by atoms with Gasteiger partial charge in [-0.05, 0) is 18.2 Å². The minimum atomic E-state index is 0.532. The molecule has 122 valence electrons. The molecular formula is C17H19N7. The van der Waals surface area contributed by atoms with Crippen LogP contribution in [0.5, 0.6) is 0 Å². The molecule has 0 atom stereocenters. The van der Waals surface area contributed by atoms with Crippen LogP contribution in [0.2, 0.25) is 0 Å². The second-order valence-corrected chi connectivity index (χ2v) is 6.15. The van der Waals surface area contributed by atoms with Gasteiger partial charge in [-0.2, -0.15) is 10.4 Å². The quantitative estimate of drug-likeness (QED) is 0.826. The Labute approximate surface area is 141 Å². The fraction of sp³-hybridized carbons (Fsp3) is 0.412. The van der Waals surface area contributed by atoms with Crippen LogP contribution in [0.3, 0.4) is 0 Å². The van der Waals surface area contributed by atoms with Crippen molar-refractivity contribution < 1.29 is 0 Å². The van der Waals surface area contributed by atoms with Crippen molar-refractivity contribution >= 4 is 11.6 Å². The zero-order chi connectivity index (χ0) is 16.4. The molecule has 2 aromatic heterocycles. The lowest BCUT2D eigenvalue weighted by Crippen LogP contribution is -2.63. The standard InChI is InChI=1S/C17H19N7/c18-11-14-4-6-20-21-17(14)24-12-15(13-24)22-7-9-23(10-8-22)16-3-1-2-5-19-16/h1-6,15H,7-10,12-13H2. The van der Waals surface area contributed by atoms with E-state index in [2.05, 4.69) is 42.0 Å². The Balaban J connectivity index is 1.32. The van der Waals surface area contributed by atoms with Crippen LogP contribution in [0.25, 0.3) is 0 Å². The highest BCUT2D eigenvalue weighted by molar-refractivity contribution is 5.54. The second-order valence-electron chi connectivity index (χ2n) is 6.15. The summed E-state index contributed by atoms with van der Waals surface area (Å²) in [5.41, 5.74) is 0.600. The lowest BCUT2D eigenvalue weighted by molar-refractivity contribution is 0.156.